The third kappa shape index (κ3) is 10.3. The normalized spacial score (nSPS) is 28.4. The van der Waals surface area contributed by atoms with Gasteiger partial charge in [0, 0.05) is 70.4 Å². The maximum atomic E-state index is 14.8. The molecule has 10 nitrogen and oxygen atoms in total. The summed E-state index contributed by atoms with van der Waals surface area (Å²) in [6.45, 7) is 13.0. The molecular weight excluding hydrogens is 579 g/mol. The van der Waals surface area contributed by atoms with Gasteiger partial charge in [0.25, 0.3) is 0 Å². The van der Waals surface area contributed by atoms with Gasteiger partial charge in [-0.2, -0.15) is 0 Å². The highest BCUT2D eigenvalue weighted by Gasteiger charge is 2.28. The van der Waals surface area contributed by atoms with E-state index in [4.69, 9.17) is 14.6 Å². The van der Waals surface area contributed by atoms with E-state index in [1.54, 1.807) is 4.90 Å². The highest BCUT2D eigenvalue weighted by Crippen LogP contribution is 2.28. The number of benzene rings is 1. The molecule has 2 saturated heterocycles. The van der Waals surface area contributed by atoms with Crippen LogP contribution in [-0.2, 0) is 19.1 Å². The van der Waals surface area contributed by atoms with E-state index in [0.29, 0.717) is 44.8 Å². The summed E-state index contributed by atoms with van der Waals surface area (Å²) in [7, 11) is 0. The van der Waals surface area contributed by atoms with Gasteiger partial charge in [0.05, 0.1) is 6.54 Å². The molecular formula is C34H49FN4O6. The molecule has 0 saturated carbocycles. The number of carbonyl (C=O) groups excluding carboxylic acids is 2. The number of anilines is 1. The van der Waals surface area contributed by atoms with Crippen molar-refractivity contribution >= 4 is 29.8 Å². The summed E-state index contributed by atoms with van der Waals surface area (Å²) in [5.41, 5.74) is 2.15. The van der Waals surface area contributed by atoms with E-state index in [-0.39, 0.29) is 48.6 Å². The molecule has 0 spiro atoms. The third-order valence-electron chi connectivity index (χ3n) is 8.99. The van der Waals surface area contributed by atoms with Gasteiger partial charge in [-0.3, -0.25) is 14.5 Å². The number of esters is 1. The minimum absolute atomic E-state index is 0.00601. The molecule has 11 heteroatoms. The molecule has 2 fully saturated rings. The summed E-state index contributed by atoms with van der Waals surface area (Å²) in [6, 6.07) is 4.86. The summed E-state index contributed by atoms with van der Waals surface area (Å²) in [5, 5.41) is 12.3. The minimum Gasteiger partial charge on any atom is -0.480 e. The smallest absolute Gasteiger partial charge is 0.410 e. The van der Waals surface area contributed by atoms with E-state index in [1.807, 2.05) is 50.0 Å². The Morgan fingerprint density at radius 1 is 1.04 bits per heavy atom. The number of cyclic esters (lactones) is 1. The Hall–Kier alpha value is -3.44. The summed E-state index contributed by atoms with van der Waals surface area (Å²) < 4.78 is 26.9. The summed E-state index contributed by atoms with van der Waals surface area (Å²) in [6.07, 6.45) is 6.33. The molecule has 248 valence electrons. The van der Waals surface area contributed by atoms with Gasteiger partial charge < -0.3 is 29.7 Å². The maximum absolute atomic E-state index is 14.8. The molecule has 1 aromatic carbocycles. The lowest BCUT2D eigenvalue weighted by molar-refractivity contribution is -0.149. The second-order valence-electron chi connectivity index (χ2n) is 12.9. The zero-order valence-electron chi connectivity index (χ0n) is 27.0. The lowest BCUT2D eigenvalue weighted by Gasteiger charge is -2.35. The lowest BCUT2D eigenvalue weighted by atomic mass is 9.89. The predicted octanol–water partition coefficient (Wildman–Crippen LogP) is 4.41. The van der Waals surface area contributed by atoms with Crippen molar-refractivity contribution in [2.45, 2.75) is 59.2 Å². The van der Waals surface area contributed by atoms with Crippen molar-refractivity contribution < 1.29 is 33.4 Å². The molecule has 4 rings (SSSR count). The van der Waals surface area contributed by atoms with Crippen molar-refractivity contribution in [2.75, 3.05) is 63.8 Å². The van der Waals surface area contributed by atoms with E-state index < -0.39 is 18.2 Å². The lowest BCUT2D eigenvalue weighted by Crippen LogP contribution is -2.48. The molecule has 3 aliphatic heterocycles. The van der Waals surface area contributed by atoms with Crippen LogP contribution in [-0.4, -0.2) is 104 Å². The fraction of sp³-hybridized carbons (Fsp3) is 0.618. The first kappa shape index (κ1) is 34.4. The Bertz CT molecular complexity index is 1240. The van der Waals surface area contributed by atoms with Crippen molar-refractivity contribution in [3.63, 3.8) is 0 Å². The minimum atomic E-state index is -0.857. The van der Waals surface area contributed by atoms with Crippen molar-refractivity contribution in [3.8, 4) is 0 Å². The molecule has 3 aliphatic rings. The number of carboxylic acids is 1. The molecule has 1 amide bonds. The average molecular weight is 629 g/mol. The molecule has 45 heavy (non-hydrogen) atoms. The number of nitrogens with one attached hydrogen (secondary N) is 1. The van der Waals surface area contributed by atoms with Crippen LogP contribution in [0.4, 0.5) is 14.9 Å². The van der Waals surface area contributed by atoms with Crippen LogP contribution in [0.3, 0.4) is 0 Å². The first-order valence-electron chi connectivity index (χ1n) is 16.2. The first-order valence-corrected chi connectivity index (χ1v) is 16.2. The zero-order valence-corrected chi connectivity index (χ0v) is 27.0. The Morgan fingerprint density at radius 2 is 1.76 bits per heavy atom. The summed E-state index contributed by atoms with van der Waals surface area (Å²) in [4.78, 5) is 42.8. The van der Waals surface area contributed by atoms with Crippen LogP contribution in [0.15, 0.2) is 35.9 Å². The van der Waals surface area contributed by atoms with Gasteiger partial charge in [-0.1, -0.05) is 32.9 Å². The highest BCUT2D eigenvalue weighted by atomic mass is 19.1. The predicted molar refractivity (Wildman–Crippen MR) is 171 cm³/mol. The Balaban J connectivity index is 1.54. The summed E-state index contributed by atoms with van der Waals surface area (Å²) >= 11 is 0. The van der Waals surface area contributed by atoms with E-state index in [1.165, 1.54) is 12.1 Å². The average Bonchev–Trinajstić information content (AvgIpc) is 3.00. The number of amides is 1. The van der Waals surface area contributed by atoms with Crippen LogP contribution in [0.25, 0.3) is 6.08 Å². The number of aliphatic carboxylic acids is 1. The number of piperazine rings is 2. The number of carboxylic acid groups (broad SMARTS) is 1. The number of nitrogens with zero attached hydrogens (tertiary/aromatic N) is 3. The fourth-order valence-electron chi connectivity index (χ4n) is 6.23. The maximum Gasteiger partial charge on any atom is 0.410 e. The molecule has 0 bridgehead atoms. The van der Waals surface area contributed by atoms with E-state index in [0.717, 1.165) is 37.2 Å². The second-order valence-corrected chi connectivity index (χ2v) is 12.9. The molecule has 0 unspecified atom stereocenters. The molecule has 3 heterocycles. The first-order chi connectivity index (χ1) is 21.5. The van der Waals surface area contributed by atoms with Crippen molar-refractivity contribution in [1.82, 2.24) is 15.1 Å². The number of rotatable bonds is 6. The molecule has 5 atom stereocenters. The van der Waals surface area contributed by atoms with Crippen LogP contribution in [0.1, 0.15) is 52.5 Å². The molecule has 0 aliphatic carbocycles. The van der Waals surface area contributed by atoms with Gasteiger partial charge in [0.2, 0.25) is 0 Å². The van der Waals surface area contributed by atoms with Crippen molar-refractivity contribution in [2.24, 2.45) is 17.8 Å². The van der Waals surface area contributed by atoms with E-state index in [9.17, 15) is 18.8 Å². The number of hydrogen-bond acceptors (Lipinski definition) is 8. The van der Waals surface area contributed by atoms with Gasteiger partial charge in [-0.25, -0.2) is 9.18 Å². The van der Waals surface area contributed by atoms with Crippen LogP contribution < -0.4 is 10.2 Å². The Kier molecular flexibility index (Phi) is 12.4. The van der Waals surface area contributed by atoms with Gasteiger partial charge in [-0.05, 0) is 67.0 Å². The van der Waals surface area contributed by atoms with Crippen LogP contribution >= 0.6 is 0 Å². The molecule has 1 aromatic rings. The summed E-state index contributed by atoms with van der Waals surface area (Å²) in [5.74, 6) is -1.55. The SMILES string of the molecule is C/C(=C\c1cc(F)cc(N2CCN(CC(=O)O)CC2)c1)[C@H]1OC(=O)C[C@H](C)CC[C@H](C)[C@@H](OC(=O)N2CCNCC2)/C=C/[C@@H]1C. The third-order valence-corrected chi connectivity index (χ3v) is 8.99. The van der Waals surface area contributed by atoms with Crippen molar-refractivity contribution in [3.05, 3.63) is 47.3 Å². The number of hydrogen-bond donors (Lipinski definition) is 2. The molecule has 0 aromatic heterocycles. The van der Waals surface area contributed by atoms with Crippen molar-refractivity contribution in [1.29, 1.82) is 0 Å². The second kappa shape index (κ2) is 16.2. The zero-order chi connectivity index (χ0) is 32.5. The highest BCUT2D eigenvalue weighted by molar-refractivity contribution is 5.71. The largest absolute Gasteiger partial charge is 0.480 e. The van der Waals surface area contributed by atoms with Crippen LogP contribution in [0.5, 0.6) is 0 Å². The van der Waals surface area contributed by atoms with E-state index in [2.05, 4.69) is 17.1 Å². The number of carbonyl (C=O) groups is 3. The topological polar surface area (TPSA) is 112 Å². The van der Waals surface area contributed by atoms with Gasteiger partial charge in [0.15, 0.2) is 0 Å². The van der Waals surface area contributed by atoms with E-state index >= 15 is 0 Å². The van der Waals surface area contributed by atoms with Gasteiger partial charge in [-0.15, -0.1) is 0 Å². The quantitative estimate of drug-likeness (QED) is 0.350. The monoisotopic (exact) mass is 628 g/mol. The van der Waals surface area contributed by atoms with Gasteiger partial charge >= 0.3 is 18.0 Å². The molecule has 2 N–H and O–H groups in total. The number of ether oxygens (including phenoxy) is 2. The standard InChI is InChI=1S/C34H49FN4O6/c1-23-5-6-24(2)30(44-34(43)39-11-9-36-10-12-39)8-7-25(3)33(45-32(42)17-23)26(4)18-27-19-28(35)21-29(20-27)38-15-13-37(14-16-38)22-31(40)41/h7-8,18-21,23-25,30,33,36H,5-6,9-17,22H2,1-4H3,(H,40,41)/b8-7+,26-18+/t23-,24+,25+,30+,33+/m1/s1. The van der Waals surface area contributed by atoms with Crippen LogP contribution in [0, 0.1) is 23.6 Å². The Labute approximate surface area is 266 Å². The van der Waals surface area contributed by atoms with Crippen LogP contribution in [0.2, 0.25) is 0 Å². The van der Waals surface area contributed by atoms with Gasteiger partial charge in [0.1, 0.15) is 18.0 Å². The number of halogens is 1. The molecule has 0 radical (unpaired) electrons. The Morgan fingerprint density at radius 3 is 2.44 bits per heavy atom. The fourth-order valence-corrected chi connectivity index (χ4v) is 6.23.